The van der Waals surface area contributed by atoms with Crippen molar-refractivity contribution < 1.29 is 14.3 Å². The molecule has 2 heterocycles. The van der Waals surface area contributed by atoms with Crippen LogP contribution >= 0.6 is 0 Å². The number of hydrogen-bond donors (Lipinski definition) is 2. The van der Waals surface area contributed by atoms with E-state index in [1.807, 2.05) is 39.0 Å². The summed E-state index contributed by atoms with van der Waals surface area (Å²) in [5.41, 5.74) is 3.68. The lowest BCUT2D eigenvalue weighted by molar-refractivity contribution is -0.149. The van der Waals surface area contributed by atoms with Crippen molar-refractivity contribution >= 4 is 23.4 Å². The third-order valence-electron chi connectivity index (χ3n) is 5.23. The van der Waals surface area contributed by atoms with Crippen LogP contribution in [0.5, 0.6) is 0 Å². The number of nitrogens with zero attached hydrogens (tertiary/aromatic N) is 2. The summed E-state index contributed by atoms with van der Waals surface area (Å²) < 4.78 is 4.95. The van der Waals surface area contributed by atoms with Crippen molar-refractivity contribution in [2.24, 2.45) is 5.92 Å². The quantitative estimate of drug-likeness (QED) is 0.707. The molecule has 1 aliphatic heterocycles. The highest BCUT2D eigenvalue weighted by atomic mass is 16.5. The smallest absolute Gasteiger partial charge is 0.306 e. The summed E-state index contributed by atoms with van der Waals surface area (Å²) in [4.78, 5) is 28.6. The standard InChI is InChI=1S/C23H26N4O3/c1-14(2)19-10-21(27-18-5-4-15(3)17(9-18)11-24)25-13-20(19)23(29)26-12-16-6-7-30-22(28)8-16/h4-5,9-10,13-14,16H,6-8,12H2,1-3H3,(H,25,27)(H,26,29). The van der Waals surface area contributed by atoms with Gasteiger partial charge in [0.25, 0.3) is 5.91 Å². The second-order valence-electron chi connectivity index (χ2n) is 7.87. The molecule has 7 nitrogen and oxygen atoms in total. The number of anilines is 2. The third kappa shape index (κ3) is 5.15. The number of benzene rings is 1. The van der Waals surface area contributed by atoms with Crippen molar-refractivity contribution in [2.45, 2.75) is 39.5 Å². The van der Waals surface area contributed by atoms with Gasteiger partial charge < -0.3 is 15.4 Å². The summed E-state index contributed by atoms with van der Waals surface area (Å²) >= 11 is 0. The van der Waals surface area contributed by atoms with Crippen LogP contribution in [0.25, 0.3) is 0 Å². The average molecular weight is 406 g/mol. The Hall–Kier alpha value is -3.40. The van der Waals surface area contributed by atoms with Gasteiger partial charge in [0, 0.05) is 18.4 Å². The fourth-order valence-corrected chi connectivity index (χ4v) is 3.42. The molecule has 0 radical (unpaired) electrons. The van der Waals surface area contributed by atoms with E-state index >= 15 is 0 Å². The molecule has 7 heteroatoms. The van der Waals surface area contributed by atoms with Crippen LogP contribution in [0.1, 0.15) is 59.7 Å². The monoisotopic (exact) mass is 406 g/mol. The van der Waals surface area contributed by atoms with E-state index in [1.165, 1.54) is 0 Å². The van der Waals surface area contributed by atoms with Crippen LogP contribution in [0.4, 0.5) is 11.5 Å². The van der Waals surface area contributed by atoms with E-state index in [9.17, 15) is 14.9 Å². The lowest BCUT2D eigenvalue weighted by Crippen LogP contribution is -2.34. The van der Waals surface area contributed by atoms with Crippen LogP contribution in [0.15, 0.2) is 30.5 Å². The number of ether oxygens (including phenoxy) is 1. The van der Waals surface area contributed by atoms with Gasteiger partial charge in [-0.05, 0) is 54.5 Å². The molecule has 2 aromatic rings. The Labute approximate surface area is 176 Å². The number of aromatic nitrogens is 1. The number of carbonyl (C=O) groups is 2. The summed E-state index contributed by atoms with van der Waals surface area (Å²) in [7, 11) is 0. The largest absolute Gasteiger partial charge is 0.466 e. The number of carbonyl (C=O) groups excluding carboxylic acids is 2. The van der Waals surface area contributed by atoms with E-state index < -0.39 is 0 Å². The predicted molar refractivity (Wildman–Crippen MR) is 114 cm³/mol. The van der Waals surface area contributed by atoms with Crippen LogP contribution in [-0.4, -0.2) is 30.0 Å². The van der Waals surface area contributed by atoms with Gasteiger partial charge in [-0.2, -0.15) is 5.26 Å². The van der Waals surface area contributed by atoms with Gasteiger partial charge in [-0.1, -0.05) is 19.9 Å². The normalized spacial score (nSPS) is 16.0. The molecule has 0 aliphatic carbocycles. The number of rotatable bonds is 6. The van der Waals surface area contributed by atoms with Crippen LogP contribution in [-0.2, 0) is 9.53 Å². The second kappa shape index (κ2) is 9.40. The third-order valence-corrected chi connectivity index (χ3v) is 5.23. The number of nitrogens with one attached hydrogen (secondary N) is 2. The van der Waals surface area contributed by atoms with Crippen molar-refractivity contribution in [3.8, 4) is 6.07 Å². The SMILES string of the molecule is Cc1ccc(Nc2cc(C(C)C)c(C(=O)NCC3CCOC(=O)C3)cn2)cc1C#N. The molecular formula is C23H26N4O3. The Kier molecular flexibility index (Phi) is 6.68. The maximum Gasteiger partial charge on any atom is 0.306 e. The lowest BCUT2D eigenvalue weighted by atomic mass is 9.97. The summed E-state index contributed by atoms with van der Waals surface area (Å²) in [6.45, 7) is 6.78. The number of amides is 1. The first-order valence-electron chi connectivity index (χ1n) is 10.1. The highest BCUT2D eigenvalue weighted by molar-refractivity contribution is 5.96. The van der Waals surface area contributed by atoms with Crippen molar-refractivity contribution in [2.75, 3.05) is 18.5 Å². The zero-order chi connectivity index (χ0) is 21.7. The van der Waals surface area contributed by atoms with Gasteiger partial charge >= 0.3 is 5.97 Å². The summed E-state index contributed by atoms with van der Waals surface area (Å²) in [5.74, 6) is 0.419. The first kappa shape index (κ1) is 21.3. The highest BCUT2D eigenvalue weighted by Crippen LogP contribution is 2.25. The van der Waals surface area contributed by atoms with Gasteiger partial charge in [0.05, 0.1) is 30.2 Å². The van der Waals surface area contributed by atoms with E-state index in [0.29, 0.717) is 36.5 Å². The molecule has 156 valence electrons. The van der Waals surface area contributed by atoms with Crippen LogP contribution in [0.3, 0.4) is 0 Å². The molecule has 3 rings (SSSR count). The Morgan fingerprint density at radius 2 is 2.17 bits per heavy atom. The van der Waals surface area contributed by atoms with E-state index in [2.05, 4.69) is 21.7 Å². The zero-order valence-corrected chi connectivity index (χ0v) is 17.5. The minimum absolute atomic E-state index is 0.0995. The molecule has 1 fully saturated rings. The molecule has 0 bridgehead atoms. The predicted octanol–water partition coefficient (Wildman–Crippen LogP) is 3.81. The van der Waals surface area contributed by atoms with Crippen LogP contribution < -0.4 is 10.6 Å². The average Bonchev–Trinajstić information content (AvgIpc) is 2.73. The maximum atomic E-state index is 12.8. The molecule has 1 atom stereocenters. The van der Waals surface area contributed by atoms with Crippen LogP contribution in [0.2, 0.25) is 0 Å². The Morgan fingerprint density at radius 3 is 2.87 bits per heavy atom. The minimum atomic E-state index is -0.212. The van der Waals surface area contributed by atoms with Crippen molar-refractivity contribution in [3.63, 3.8) is 0 Å². The molecular weight excluding hydrogens is 380 g/mol. The number of aryl methyl sites for hydroxylation is 1. The molecule has 2 N–H and O–H groups in total. The topological polar surface area (TPSA) is 104 Å². The number of hydrogen-bond acceptors (Lipinski definition) is 6. The summed E-state index contributed by atoms with van der Waals surface area (Å²) in [6, 6.07) is 9.59. The second-order valence-corrected chi connectivity index (χ2v) is 7.87. The summed E-state index contributed by atoms with van der Waals surface area (Å²) in [6.07, 6.45) is 2.66. The fourth-order valence-electron chi connectivity index (χ4n) is 3.42. The zero-order valence-electron chi connectivity index (χ0n) is 17.5. The van der Waals surface area contributed by atoms with E-state index in [-0.39, 0.29) is 23.7 Å². The Bertz CT molecular complexity index is 994. The van der Waals surface area contributed by atoms with Gasteiger partial charge in [-0.25, -0.2) is 4.98 Å². The molecule has 1 amide bonds. The molecule has 1 aromatic heterocycles. The van der Waals surface area contributed by atoms with Gasteiger partial charge in [0.15, 0.2) is 0 Å². The van der Waals surface area contributed by atoms with E-state index in [1.54, 1.807) is 12.3 Å². The van der Waals surface area contributed by atoms with Gasteiger partial charge in [-0.3, -0.25) is 9.59 Å². The minimum Gasteiger partial charge on any atom is -0.466 e. The number of nitriles is 1. The maximum absolute atomic E-state index is 12.8. The molecule has 1 aliphatic rings. The van der Waals surface area contributed by atoms with Crippen molar-refractivity contribution in [1.29, 1.82) is 5.26 Å². The van der Waals surface area contributed by atoms with E-state index in [0.717, 1.165) is 23.2 Å². The van der Waals surface area contributed by atoms with Gasteiger partial charge in [0.2, 0.25) is 0 Å². The highest BCUT2D eigenvalue weighted by Gasteiger charge is 2.22. The van der Waals surface area contributed by atoms with Gasteiger partial charge in [-0.15, -0.1) is 0 Å². The van der Waals surface area contributed by atoms with Gasteiger partial charge in [0.1, 0.15) is 5.82 Å². The molecule has 1 saturated heterocycles. The van der Waals surface area contributed by atoms with Crippen molar-refractivity contribution in [1.82, 2.24) is 10.3 Å². The Balaban J connectivity index is 1.74. The molecule has 1 aromatic carbocycles. The molecule has 1 unspecified atom stereocenters. The van der Waals surface area contributed by atoms with Crippen LogP contribution in [0, 0.1) is 24.2 Å². The lowest BCUT2D eigenvalue weighted by Gasteiger charge is -2.22. The fraction of sp³-hybridized carbons (Fsp3) is 0.391. The number of cyclic esters (lactones) is 1. The first-order chi connectivity index (χ1) is 14.4. The number of esters is 1. The Morgan fingerprint density at radius 1 is 1.37 bits per heavy atom. The van der Waals surface area contributed by atoms with Crippen molar-refractivity contribution in [3.05, 3.63) is 52.7 Å². The number of pyridine rings is 1. The van der Waals surface area contributed by atoms with E-state index in [4.69, 9.17) is 4.74 Å². The molecule has 0 spiro atoms. The summed E-state index contributed by atoms with van der Waals surface area (Å²) in [5, 5.41) is 15.4. The molecule has 30 heavy (non-hydrogen) atoms. The first-order valence-corrected chi connectivity index (χ1v) is 10.1. The molecule has 0 saturated carbocycles.